The second-order valence-electron chi connectivity index (χ2n) is 4.59. The van der Waals surface area contributed by atoms with Crippen molar-refractivity contribution in [2.24, 2.45) is 0 Å². The van der Waals surface area contributed by atoms with Crippen molar-refractivity contribution >= 4 is 0 Å². The van der Waals surface area contributed by atoms with Crippen LogP contribution in [-0.4, -0.2) is 21.6 Å². The van der Waals surface area contributed by atoms with Gasteiger partial charge in [-0.3, -0.25) is 0 Å². The fourth-order valence-electron chi connectivity index (χ4n) is 2.44. The number of aromatic nitrogens is 2. The first-order valence-corrected chi connectivity index (χ1v) is 6.04. The molecule has 1 heterocycles. The second kappa shape index (κ2) is 4.79. The molecule has 3 nitrogen and oxygen atoms in total. The van der Waals surface area contributed by atoms with Crippen LogP contribution in [0.5, 0.6) is 0 Å². The molecule has 1 saturated carbocycles. The Balaban J connectivity index is 1.99. The molecule has 3 unspecified atom stereocenters. The number of imidazole rings is 1. The summed E-state index contributed by atoms with van der Waals surface area (Å²) in [5, 5.41) is 3.72. The highest BCUT2D eigenvalue weighted by molar-refractivity contribution is 4.92. The van der Waals surface area contributed by atoms with Crippen molar-refractivity contribution in [3.63, 3.8) is 0 Å². The van der Waals surface area contributed by atoms with Crippen LogP contribution >= 0.6 is 0 Å². The quantitative estimate of drug-likeness (QED) is 0.821. The predicted octanol–water partition coefficient (Wildman–Crippen LogP) is 2.36. The van der Waals surface area contributed by atoms with Crippen LogP contribution in [0.3, 0.4) is 0 Å². The summed E-state index contributed by atoms with van der Waals surface area (Å²) in [6.07, 6.45) is 11.0. The average molecular weight is 207 g/mol. The van der Waals surface area contributed by atoms with Crippen LogP contribution in [-0.2, 0) is 0 Å². The molecule has 1 aliphatic rings. The Morgan fingerprint density at radius 3 is 3.07 bits per heavy atom. The third-order valence-electron chi connectivity index (χ3n) is 3.50. The predicted molar refractivity (Wildman–Crippen MR) is 61.8 cm³/mol. The molecule has 1 aliphatic carbocycles. The molecule has 0 spiro atoms. The molecule has 0 amide bonds. The molecule has 1 aromatic heterocycles. The molecule has 3 heteroatoms. The first-order chi connectivity index (χ1) is 7.31. The van der Waals surface area contributed by atoms with Gasteiger partial charge >= 0.3 is 0 Å². The first kappa shape index (κ1) is 10.7. The number of hydrogen-bond acceptors (Lipinski definition) is 2. The van der Waals surface area contributed by atoms with Crippen molar-refractivity contribution in [2.45, 2.75) is 57.7 Å². The van der Waals surface area contributed by atoms with E-state index in [2.05, 4.69) is 34.9 Å². The van der Waals surface area contributed by atoms with Gasteiger partial charge in [0.15, 0.2) is 0 Å². The van der Waals surface area contributed by atoms with Crippen LogP contribution < -0.4 is 5.32 Å². The monoisotopic (exact) mass is 207 g/mol. The van der Waals surface area contributed by atoms with Gasteiger partial charge in [0, 0.05) is 30.5 Å². The van der Waals surface area contributed by atoms with Gasteiger partial charge in [0.05, 0.1) is 6.33 Å². The zero-order valence-electron chi connectivity index (χ0n) is 9.69. The van der Waals surface area contributed by atoms with Crippen LogP contribution in [0.1, 0.15) is 45.6 Å². The minimum absolute atomic E-state index is 0.612. The number of hydrogen-bond donors (Lipinski definition) is 1. The van der Waals surface area contributed by atoms with Gasteiger partial charge in [0.25, 0.3) is 0 Å². The zero-order valence-corrected chi connectivity index (χ0v) is 9.69. The minimum Gasteiger partial charge on any atom is -0.333 e. The average Bonchev–Trinajstić information content (AvgIpc) is 2.86. The van der Waals surface area contributed by atoms with Crippen molar-refractivity contribution in [3.05, 3.63) is 18.7 Å². The molecule has 0 aliphatic heterocycles. The molecule has 1 N–H and O–H groups in total. The third-order valence-corrected chi connectivity index (χ3v) is 3.50. The number of nitrogens with zero attached hydrogens (tertiary/aromatic N) is 2. The Labute approximate surface area is 91.9 Å². The SMILES string of the molecule is CCC(C)NC1CCCC1n1ccnc1. The van der Waals surface area contributed by atoms with E-state index in [1.54, 1.807) is 0 Å². The van der Waals surface area contributed by atoms with Crippen LogP contribution in [0.25, 0.3) is 0 Å². The molecule has 0 saturated heterocycles. The minimum atomic E-state index is 0.612. The van der Waals surface area contributed by atoms with Gasteiger partial charge in [-0.2, -0.15) is 0 Å². The highest BCUT2D eigenvalue weighted by Crippen LogP contribution is 2.30. The summed E-state index contributed by atoms with van der Waals surface area (Å²) in [4.78, 5) is 4.14. The van der Waals surface area contributed by atoms with Gasteiger partial charge in [0.1, 0.15) is 0 Å². The lowest BCUT2D eigenvalue weighted by atomic mass is 10.1. The standard InChI is InChI=1S/C12H21N3/c1-3-10(2)14-11-5-4-6-12(11)15-8-7-13-9-15/h7-12,14H,3-6H2,1-2H3. The van der Waals surface area contributed by atoms with Crippen molar-refractivity contribution in [1.29, 1.82) is 0 Å². The first-order valence-electron chi connectivity index (χ1n) is 6.04. The maximum Gasteiger partial charge on any atom is 0.0949 e. The maximum absolute atomic E-state index is 4.14. The molecule has 15 heavy (non-hydrogen) atoms. The third kappa shape index (κ3) is 2.40. The lowest BCUT2D eigenvalue weighted by Crippen LogP contribution is -2.39. The number of rotatable bonds is 4. The van der Waals surface area contributed by atoms with E-state index in [-0.39, 0.29) is 0 Å². The second-order valence-corrected chi connectivity index (χ2v) is 4.59. The summed E-state index contributed by atoms with van der Waals surface area (Å²) < 4.78 is 2.26. The van der Waals surface area contributed by atoms with Gasteiger partial charge in [-0.1, -0.05) is 6.92 Å². The van der Waals surface area contributed by atoms with Gasteiger partial charge in [-0.15, -0.1) is 0 Å². The molecular weight excluding hydrogens is 186 g/mol. The highest BCUT2D eigenvalue weighted by Gasteiger charge is 2.28. The molecule has 1 aromatic rings. The smallest absolute Gasteiger partial charge is 0.0949 e. The van der Waals surface area contributed by atoms with E-state index >= 15 is 0 Å². The maximum atomic E-state index is 4.14. The Kier molecular flexibility index (Phi) is 3.41. The van der Waals surface area contributed by atoms with Crippen LogP contribution in [0.2, 0.25) is 0 Å². The number of nitrogens with one attached hydrogen (secondary N) is 1. The summed E-state index contributed by atoms with van der Waals surface area (Å²) in [7, 11) is 0. The summed E-state index contributed by atoms with van der Waals surface area (Å²) in [5.41, 5.74) is 0. The summed E-state index contributed by atoms with van der Waals surface area (Å²) >= 11 is 0. The Morgan fingerprint density at radius 1 is 1.53 bits per heavy atom. The fourth-order valence-corrected chi connectivity index (χ4v) is 2.44. The molecule has 84 valence electrons. The summed E-state index contributed by atoms with van der Waals surface area (Å²) in [6.45, 7) is 4.50. The molecule has 3 atom stereocenters. The Morgan fingerprint density at radius 2 is 2.40 bits per heavy atom. The van der Waals surface area contributed by atoms with Crippen molar-refractivity contribution < 1.29 is 0 Å². The summed E-state index contributed by atoms with van der Waals surface area (Å²) in [6, 6.07) is 1.87. The molecule has 2 rings (SSSR count). The Bertz CT molecular complexity index is 281. The van der Waals surface area contributed by atoms with E-state index in [0.717, 1.165) is 0 Å². The molecule has 0 radical (unpaired) electrons. The van der Waals surface area contributed by atoms with Gasteiger partial charge < -0.3 is 9.88 Å². The molecule has 0 bridgehead atoms. The van der Waals surface area contributed by atoms with Gasteiger partial charge in [-0.25, -0.2) is 4.98 Å². The van der Waals surface area contributed by atoms with Crippen LogP contribution in [0.15, 0.2) is 18.7 Å². The summed E-state index contributed by atoms with van der Waals surface area (Å²) in [5.74, 6) is 0. The zero-order chi connectivity index (χ0) is 10.7. The Hall–Kier alpha value is -0.830. The molecule has 0 aromatic carbocycles. The van der Waals surface area contributed by atoms with E-state index in [1.807, 2.05) is 12.5 Å². The molecule has 1 fully saturated rings. The van der Waals surface area contributed by atoms with Crippen molar-refractivity contribution in [1.82, 2.24) is 14.9 Å². The van der Waals surface area contributed by atoms with E-state index in [0.29, 0.717) is 18.1 Å². The molecular formula is C12H21N3. The van der Waals surface area contributed by atoms with E-state index < -0.39 is 0 Å². The van der Waals surface area contributed by atoms with Gasteiger partial charge in [-0.05, 0) is 32.6 Å². The van der Waals surface area contributed by atoms with Crippen LogP contribution in [0, 0.1) is 0 Å². The van der Waals surface area contributed by atoms with Gasteiger partial charge in [0.2, 0.25) is 0 Å². The van der Waals surface area contributed by atoms with Crippen molar-refractivity contribution in [2.75, 3.05) is 0 Å². The fraction of sp³-hybridized carbons (Fsp3) is 0.750. The topological polar surface area (TPSA) is 29.9 Å². The lowest BCUT2D eigenvalue weighted by molar-refractivity contribution is 0.355. The highest BCUT2D eigenvalue weighted by atomic mass is 15.1. The van der Waals surface area contributed by atoms with E-state index in [9.17, 15) is 0 Å². The van der Waals surface area contributed by atoms with E-state index in [1.165, 1.54) is 25.7 Å². The van der Waals surface area contributed by atoms with E-state index in [4.69, 9.17) is 0 Å². The van der Waals surface area contributed by atoms with Crippen LogP contribution in [0.4, 0.5) is 0 Å². The largest absolute Gasteiger partial charge is 0.333 e. The normalized spacial score (nSPS) is 28.1. The van der Waals surface area contributed by atoms with Crippen molar-refractivity contribution in [3.8, 4) is 0 Å². The lowest BCUT2D eigenvalue weighted by Gasteiger charge is -2.25.